The molecule has 13 rings (SSSR count). The van der Waals surface area contributed by atoms with Gasteiger partial charge in [-0.15, -0.1) is 11.3 Å². The van der Waals surface area contributed by atoms with Gasteiger partial charge in [0.2, 0.25) is 0 Å². The van der Waals surface area contributed by atoms with E-state index < -0.39 is 0 Å². The predicted molar refractivity (Wildman–Crippen MR) is 344 cm³/mol. The van der Waals surface area contributed by atoms with Gasteiger partial charge in [0.25, 0.3) is 6.71 Å². The van der Waals surface area contributed by atoms with E-state index in [4.69, 9.17) is 0 Å². The Bertz CT molecular complexity index is 3760. The van der Waals surface area contributed by atoms with E-state index >= 15 is 0 Å². The van der Waals surface area contributed by atoms with E-state index in [2.05, 4.69) is 256 Å². The largest absolute Gasteiger partial charge is 0.311 e. The van der Waals surface area contributed by atoms with Crippen molar-refractivity contribution >= 4 is 95.0 Å². The molecule has 9 aromatic rings. The second-order valence-electron chi connectivity index (χ2n) is 27.5. The third-order valence-corrected chi connectivity index (χ3v) is 19.2. The van der Waals surface area contributed by atoms with Crippen molar-refractivity contribution in [3.63, 3.8) is 0 Å². The zero-order valence-corrected chi connectivity index (χ0v) is 49.8. The van der Waals surface area contributed by atoms with Crippen LogP contribution in [0.1, 0.15) is 153 Å². The molecule has 398 valence electrons. The zero-order chi connectivity index (χ0) is 54.9. The number of nitrogens with zero attached hydrogens (tertiary/aromatic N) is 3. The molecule has 0 unspecified atom stereocenters. The number of rotatable bonds is 6. The summed E-state index contributed by atoms with van der Waals surface area (Å²) in [6.07, 6.45) is 9.61. The fourth-order valence-electron chi connectivity index (χ4n) is 13.6. The lowest BCUT2D eigenvalue weighted by Crippen LogP contribution is -2.60. The van der Waals surface area contributed by atoms with Gasteiger partial charge in [-0.1, -0.05) is 162 Å². The molecule has 0 amide bonds. The molecule has 2 aliphatic carbocycles. The molecule has 0 spiro atoms. The fraction of sp³-hybridized carbons (Fsp3) is 0.324. The van der Waals surface area contributed by atoms with Gasteiger partial charge in [-0.3, -0.25) is 0 Å². The summed E-state index contributed by atoms with van der Waals surface area (Å²) < 4.78 is 2.74. The normalized spacial score (nSPS) is 15.1. The zero-order valence-electron chi connectivity index (χ0n) is 49.0. The van der Waals surface area contributed by atoms with Gasteiger partial charge in [0, 0.05) is 54.6 Å². The van der Waals surface area contributed by atoms with Crippen LogP contribution in [0.2, 0.25) is 0 Å². The van der Waals surface area contributed by atoms with Crippen LogP contribution in [0.4, 0.5) is 51.2 Å². The van der Waals surface area contributed by atoms with Crippen molar-refractivity contribution in [1.29, 1.82) is 0 Å². The monoisotopic (exact) mass is 1050 g/mol. The van der Waals surface area contributed by atoms with Crippen LogP contribution in [0.3, 0.4) is 0 Å². The molecule has 8 aromatic carbocycles. The van der Waals surface area contributed by atoms with Gasteiger partial charge in [-0.2, -0.15) is 0 Å². The van der Waals surface area contributed by atoms with Gasteiger partial charge in [0.1, 0.15) is 0 Å². The van der Waals surface area contributed by atoms with Crippen molar-refractivity contribution in [3.05, 3.63) is 202 Å². The summed E-state index contributed by atoms with van der Waals surface area (Å²) in [5.41, 5.74) is 28.2. The third-order valence-electron chi connectivity index (χ3n) is 18.0. The Hall–Kier alpha value is -6.82. The Morgan fingerprint density at radius 3 is 1.49 bits per heavy atom. The maximum Gasteiger partial charge on any atom is 0.264 e. The molecular formula is C74H78BN3S. The van der Waals surface area contributed by atoms with E-state index in [0.717, 1.165) is 29.9 Å². The highest BCUT2D eigenvalue weighted by molar-refractivity contribution is 7.33. The Balaban J connectivity index is 1.20. The summed E-state index contributed by atoms with van der Waals surface area (Å²) in [6, 6.07) is 62.0. The molecule has 5 heteroatoms. The molecule has 0 saturated heterocycles. The summed E-state index contributed by atoms with van der Waals surface area (Å²) >= 11 is 2.01. The summed E-state index contributed by atoms with van der Waals surface area (Å²) in [4.78, 5) is 7.94. The molecule has 3 heterocycles. The number of para-hydroxylation sites is 2. The minimum atomic E-state index is -0.0690. The standard InChI is InChI=1S/C74H78BN3S/c1-71(2,3)49-31-36-55(37-32-49)77-64-45-56(76(53-25-15-13-16-26-53)54-27-17-14-18-28-54)46-65-68(64)75(70-69(77)60-43-51(73(7,8)9)35-40-66(60)79-70)61-44-52(74(10,11)12)34-39-63(61)78(65)62-38-33-50(72(4,5)6)42-59(62)67-57-29-21-19-23-47(57)41-48-24-20-22-30-58(48)67/h13-18,25-28,31-46H,19-24,29-30H2,1-12H3. The molecule has 1 aromatic heterocycles. The number of fused-ring (bicyclic) bond motifs is 8. The topological polar surface area (TPSA) is 9.72 Å². The number of benzene rings is 8. The Morgan fingerprint density at radius 2 is 0.924 bits per heavy atom. The SMILES string of the molecule is CC(C)(C)c1ccc(N2c3cc(N(c4ccccc4)c4ccccc4)cc4c3B(c3cc(C(C)(C)C)ccc3N4c3ccc(C(C)(C)C)cc3-c3c4c(cc5c3CCCC5)CCCC4)c3sc4ccc(C(C)(C)C)cc4c32)cc1. The van der Waals surface area contributed by atoms with Crippen LogP contribution in [-0.4, -0.2) is 6.71 Å². The average Bonchev–Trinajstić information content (AvgIpc) is 3.37. The maximum atomic E-state index is 2.75. The average molecular weight is 1050 g/mol. The molecule has 79 heavy (non-hydrogen) atoms. The molecule has 0 bridgehead atoms. The van der Waals surface area contributed by atoms with Gasteiger partial charge in [-0.05, 0) is 213 Å². The fourth-order valence-corrected chi connectivity index (χ4v) is 14.9. The molecule has 2 aliphatic heterocycles. The summed E-state index contributed by atoms with van der Waals surface area (Å²) in [6.45, 7) is 28.4. The van der Waals surface area contributed by atoms with Crippen LogP contribution in [-0.2, 0) is 47.3 Å². The van der Waals surface area contributed by atoms with Crippen molar-refractivity contribution in [2.45, 2.75) is 156 Å². The summed E-state index contributed by atoms with van der Waals surface area (Å²) in [5, 5.41) is 1.32. The molecule has 3 nitrogen and oxygen atoms in total. The van der Waals surface area contributed by atoms with E-state index in [1.807, 2.05) is 11.3 Å². The smallest absolute Gasteiger partial charge is 0.264 e. The van der Waals surface area contributed by atoms with Crippen LogP contribution in [0.5, 0.6) is 0 Å². The van der Waals surface area contributed by atoms with Gasteiger partial charge in [-0.25, -0.2) is 0 Å². The molecule has 4 aliphatic rings. The molecular weight excluding hydrogens is 974 g/mol. The Labute approximate surface area is 476 Å². The van der Waals surface area contributed by atoms with E-state index in [1.165, 1.54) is 132 Å². The van der Waals surface area contributed by atoms with Crippen molar-refractivity contribution in [2.24, 2.45) is 0 Å². The first kappa shape index (κ1) is 51.6. The first-order valence-corrected chi connectivity index (χ1v) is 30.4. The van der Waals surface area contributed by atoms with Crippen molar-refractivity contribution < 1.29 is 0 Å². The van der Waals surface area contributed by atoms with E-state index in [9.17, 15) is 0 Å². The number of aryl methyl sites for hydroxylation is 2. The highest BCUT2D eigenvalue weighted by atomic mass is 32.1. The van der Waals surface area contributed by atoms with Crippen LogP contribution in [0.25, 0.3) is 21.2 Å². The molecule has 0 fully saturated rings. The highest BCUT2D eigenvalue weighted by Crippen LogP contribution is 2.54. The third kappa shape index (κ3) is 8.85. The highest BCUT2D eigenvalue weighted by Gasteiger charge is 2.47. The number of anilines is 9. The van der Waals surface area contributed by atoms with Crippen LogP contribution in [0.15, 0.2) is 158 Å². The second kappa shape index (κ2) is 18.9. The first-order chi connectivity index (χ1) is 37.7. The van der Waals surface area contributed by atoms with Crippen molar-refractivity contribution in [1.82, 2.24) is 0 Å². The van der Waals surface area contributed by atoms with Crippen LogP contribution >= 0.6 is 11.3 Å². The lowest BCUT2D eigenvalue weighted by Gasteiger charge is -2.45. The summed E-state index contributed by atoms with van der Waals surface area (Å²) in [5.74, 6) is 0. The van der Waals surface area contributed by atoms with Crippen LogP contribution < -0.4 is 30.4 Å². The molecule has 0 radical (unpaired) electrons. The Morgan fingerprint density at radius 1 is 0.430 bits per heavy atom. The second-order valence-corrected chi connectivity index (χ2v) is 28.6. The number of hydrogen-bond acceptors (Lipinski definition) is 4. The van der Waals surface area contributed by atoms with Gasteiger partial charge in [0.05, 0.1) is 17.1 Å². The lowest BCUT2D eigenvalue weighted by atomic mass is 9.36. The van der Waals surface area contributed by atoms with Crippen molar-refractivity contribution in [2.75, 3.05) is 14.7 Å². The number of hydrogen-bond donors (Lipinski definition) is 0. The Kier molecular flexibility index (Phi) is 12.4. The first-order valence-electron chi connectivity index (χ1n) is 29.5. The maximum absolute atomic E-state index is 2.75. The van der Waals surface area contributed by atoms with E-state index in [-0.39, 0.29) is 28.4 Å². The van der Waals surface area contributed by atoms with Crippen LogP contribution in [0, 0.1) is 0 Å². The molecule has 0 N–H and O–H groups in total. The molecule has 0 saturated carbocycles. The van der Waals surface area contributed by atoms with Crippen molar-refractivity contribution in [3.8, 4) is 11.1 Å². The van der Waals surface area contributed by atoms with Gasteiger partial charge in [0.15, 0.2) is 0 Å². The quantitative estimate of drug-likeness (QED) is 0.154. The van der Waals surface area contributed by atoms with E-state index in [1.54, 1.807) is 22.3 Å². The van der Waals surface area contributed by atoms with Gasteiger partial charge >= 0.3 is 0 Å². The molecule has 0 atom stereocenters. The van der Waals surface area contributed by atoms with Gasteiger partial charge < -0.3 is 14.7 Å². The number of thiophene rings is 1. The lowest BCUT2D eigenvalue weighted by molar-refractivity contribution is 0.590. The minimum Gasteiger partial charge on any atom is -0.311 e. The minimum absolute atomic E-state index is 0.00475. The predicted octanol–water partition coefficient (Wildman–Crippen LogP) is 19.1. The summed E-state index contributed by atoms with van der Waals surface area (Å²) in [7, 11) is 0. The van der Waals surface area contributed by atoms with E-state index in [0.29, 0.717) is 0 Å².